The fraction of sp³-hybridized carbons (Fsp3) is 0.300. The van der Waals surface area contributed by atoms with E-state index in [9.17, 15) is 9.59 Å². The summed E-state index contributed by atoms with van der Waals surface area (Å²) in [4.78, 5) is 27.1. The van der Waals surface area contributed by atoms with Gasteiger partial charge in [0.2, 0.25) is 0 Å². The van der Waals surface area contributed by atoms with Crippen LogP contribution in [-0.4, -0.2) is 29.2 Å². The molecule has 0 spiro atoms. The molecule has 23 heavy (non-hydrogen) atoms. The summed E-state index contributed by atoms with van der Waals surface area (Å²) >= 11 is 0. The minimum absolute atomic E-state index is 0.00385. The summed E-state index contributed by atoms with van der Waals surface area (Å²) in [5.74, 6) is 0.152. The smallest absolute Gasteiger partial charge is 0.254 e. The maximum absolute atomic E-state index is 12.7. The van der Waals surface area contributed by atoms with Crippen molar-refractivity contribution in [1.82, 2.24) is 4.90 Å². The van der Waals surface area contributed by atoms with Crippen LogP contribution in [0, 0.1) is 0 Å². The Kier molecular flexibility index (Phi) is 4.86. The molecular formula is C20H21NO2. The molecule has 2 aromatic carbocycles. The van der Waals surface area contributed by atoms with E-state index in [1.54, 1.807) is 0 Å². The standard InChI is InChI=1S/C20H21NO2/c22-19(16-9-3-1-4-10-16)15-18-13-7-8-14-21(18)20(23)17-11-5-2-6-12-17/h1-6,9-12,18H,7-8,13-15H2. The van der Waals surface area contributed by atoms with Crippen molar-refractivity contribution in [1.29, 1.82) is 0 Å². The molecule has 0 saturated carbocycles. The first kappa shape index (κ1) is 15.5. The maximum Gasteiger partial charge on any atom is 0.254 e. The molecular weight excluding hydrogens is 286 g/mol. The van der Waals surface area contributed by atoms with Gasteiger partial charge in [-0.15, -0.1) is 0 Å². The predicted molar refractivity (Wildman–Crippen MR) is 90.5 cm³/mol. The topological polar surface area (TPSA) is 37.4 Å². The molecule has 1 aliphatic heterocycles. The third-order valence-corrected chi connectivity index (χ3v) is 4.43. The Hall–Kier alpha value is -2.42. The summed E-state index contributed by atoms with van der Waals surface area (Å²) in [6.45, 7) is 0.737. The van der Waals surface area contributed by atoms with Crippen LogP contribution in [0.15, 0.2) is 60.7 Å². The van der Waals surface area contributed by atoms with Gasteiger partial charge in [-0.3, -0.25) is 9.59 Å². The second-order valence-corrected chi connectivity index (χ2v) is 6.01. The SMILES string of the molecule is O=C(CC1CCCCN1C(=O)c1ccccc1)c1ccccc1. The minimum Gasteiger partial charge on any atom is -0.335 e. The Bertz CT molecular complexity index is 667. The van der Waals surface area contributed by atoms with Crippen molar-refractivity contribution in [2.75, 3.05) is 6.54 Å². The van der Waals surface area contributed by atoms with E-state index in [1.807, 2.05) is 65.6 Å². The molecule has 0 aliphatic carbocycles. The highest BCUT2D eigenvalue weighted by Gasteiger charge is 2.29. The lowest BCUT2D eigenvalue weighted by Gasteiger charge is -2.35. The summed E-state index contributed by atoms with van der Waals surface area (Å²) in [6.07, 6.45) is 3.39. The third-order valence-electron chi connectivity index (χ3n) is 4.43. The Labute approximate surface area is 136 Å². The van der Waals surface area contributed by atoms with Crippen LogP contribution in [0.2, 0.25) is 0 Å². The summed E-state index contributed by atoms with van der Waals surface area (Å²) < 4.78 is 0. The van der Waals surface area contributed by atoms with Gasteiger partial charge in [-0.2, -0.15) is 0 Å². The zero-order valence-corrected chi connectivity index (χ0v) is 13.2. The number of likely N-dealkylation sites (tertiary alicyclic amines) is 1. The van der Waals surface area contributed by atoms with Crippen molar-refractivity contribution in [3.05, 3.63) is 71.8 Å². The molecule has 118 valence electrons. The van der Waals surface area contributed by atoms with Crippen molar-refractivity contribution < 1.29 is 9.59 Å². The van der Waals surface area contributed by atoms with Gasteiger partial charge in [-0.1, -0.05) is 48.5 Å². The van der Waals surface area contributed by atoms with Crippen molar-refractivity contribution in [2.45, 2.75) is 31.7 Å². The largest absolute Gasteiger partial charge is 0.335 e. The molecule has 3 rings (SSSR count). The van der Waals surface area contributed by atoms with Gasteiger partial charge in [0, 0.05) is 30.1 Å². The van der Waals surface area contributed by atoms with Gasteiger partial charge in [0.1, 0.15) is 0 Å². The van der Waals surface area contributed by atoms with Gasteiger partial charge in [0.25, 0.3) is 5.91 Å². The molecule has 1 aliphatic rings. The first-order valence-electron chi connectivity index (χ1n) is 8.20. The first-order chi connectivity index (χ1) is 11.3. The molecule has 0 aromatic heterocycles. The average molecular weight is 307 g/mol. The molecule has 3 nitrogen and oxygen atoms in total. The van der Waals surface area contributed by atoms with Crippen LogP contribution in [-0.2, 0) is 0 Å². The van der Waals surface area contributed by atoms with Crippen molar-refractivity contribution in [3.63, 3.8) is 0 Å². The number of benzene rings is 2. The van der Waals surface area contributed by atoms with Gasteiger partial charge in [0.15, 0.2) is 5.78 Å². The molecule has 1 saturated heterocycles. The average Bonchev–Trinajstić information content (AvgIpc) is 2.63. The molecule has 0 N–H and O–H groups in total. The molecule has 3 heteroatoms. The van der Waals surface area contributed by atoms with E-state index in [0.29, 0.717) is 12.0 Å². The Morgan fingerprint density at radius 1 is 0.870 bits per heavy atom. The third kappa shape index (κ3) is 3.67. The van der Waals surface area contributed by atoms with Crippen LogP contribution in [0.3, 0.4) is 0 Å². The molecule has 1 amide bonds. The number of ketones is 1. The lowest BCUT2D eigenvalue weighted by atomic mass is 9.94. The number of nitrogens with zero attached hydrogens (tertiary/aromatic N) is 1. The summed E-state index contributed by atoms with van der Waals surface area (Å²) in [5, 5.41) is 0. The van der Waals surface area contributed by atoms with Crippen LogP contribution < -0.4 is 0 Å². The molecule has 0 bridgehead atoms. The molecule has 1 unspecified atom stereocenters. The number of rotatable bonds is 4. The summed E-state index contributed by atoms with van der Waals surface area (Å²) in [6, 6.07) is 18.7. The van der Waals surface area contributed by atoms with Crippen LogP contribution in [0.5, 0.6) is 0 Å². The summed E-state index contributed by atoms with van der Waals surface area (Å²) in [5.41, 5.74) is 1.43. The Morgan fingerprint density at radius 2 is 1.48 bits per heavy atom. The fourth-order valence-corrected chi connectivity index (χ4v) is 3.18. The lowest BCUT2D eigenvalue weighted by molar-refractivity contribution is 0.0588. The molecule has 1 atom stereocenters. The minimum atomic E-state index is 0.00385. The quantitative estimate of drug-likeness (QED) is 0.802. The van der Waals surface area contributed by atoms with Gasteiger partial charge in [-0.05, 0) is 31.4 Å². The number of piperidine rings is 1. The van der Waals surface area contributed by atoms with Crippen LogP contribution in [0.25, 0.3) is 0 Å². The number of carbonyl (C=O) groups is 2. The fourth-order valence-electron chi connectivity index (χ4n) is 3.18. The van der Waals surface area contributed by atoms with Crippen LogP contribution >= 0.6 is 0 Å². The number of hydrogen-bond acceptors (Lipinski definition) is 2. The normalized spacial score (nSPS) is 17.7. The molecule has 2 aromatic rings. The van der Waals surface area contributed by atoms with E-state index < -0.39 is 0 Å². The molecule has 1 heterocycles. The lowest BCUT2D eigenvalue weighted by Crippen LogP contribution is -2.44. The Morgan fingerprint density at radius 3 is 2.13 bits per heavy atom. The Balaban J connectivity index is 1.74. The highest BCUT2D eigenvalue weighted by molar-refractivity contribution is 5.98. The second-order valence-electron chi connectivity index (χ2n) is 6.01. The highest BCUT2D eigenvalue weighted by atomic mass is 16.2. The number of hydrogen-bond donors (Lipinski definition) is 0. The van der Waals surface area contributed by atoms with Crippen LogP contribution in [0.4, 0.5) is 0 Å². The highest BCUT2D eigenvalue weighted by Crippen LogP contribution is 2.23. The van der Waals surface area contributed by atoms with Gasteiger partial charge >= 0.3 is 0 Å². The van der Waals surface area contributed by atoms with E-state index >= 15 is 0 Å². The van der Waals surface area contributed by atoms with E-state index in [2.05, 4.69) is 0 Å². The molecule has 0 radical (unpaired) electrons. The van der Waals surface area contributed by atoms with E-state index in [0.717, 1.165) is 31.4 Å². The summed E-state index contributed by atoms with van der Waals surface area (Å²) in [7, 11) is 0. The maximum atomic E-state index is 12.7. The zero-order valence-electron chi connectivity index (χ0n) is 13.2. The van der Waals surface area contributed by atoms with E-state index in [-0.39, 0.29) is 17.7 Å². The van der Waals surface area contributed by atoms with Gasteiger partial charge < -0.3 is 4.90 Å². The number of carbonyl (C=O) groups excluding carboxylic acids is 2. The second kappa shape index (κ2) is 7.23. The number of amides is 1. The van der Waals surface area contributed by atoms with Crippen LogP contribution in [0.1, 0.15) is 46.4 Å². The van der Waals surface area contributed by atoms with E-state index in [4.69, 9.17) is 0 Å². The van der Waals surface area contributed by atoms with Gasteiger partial charge in [0.05, 0.1) is 0 Å². The molecule has 1 fully saturated rings. The predicted octanol–water partition coefficient (Wildman–Crippen LogP) is 3.95. The van der Waals surface area contributed by atoms with Crippen molar-refractivity contribution in [3.8, 4) is 0 Å². The van der Waals surface area contributed by atoms with Crippen molar-refractivity contribution >= 4 is 11.7 Å². The van der Waals surface area contributed by atoms with Gasteiger partial charge in [-0.25, -0.2) is 0 Å². The monoisotopic (exact) mass is 307 g/mol. The number of Topliss-reactive ketones (excluding diaryl/α,β-unsaturated/α-hetero) is 1. The first-order valence-corrected chi connectivity index (χ1v) is 8.20. The zero-order chi connectivity index (χ0) is 16.1. The van der Waals surface area contributed by atoms with E-state index in [1.165, 1.54) is 0 Å². The van der Waals surface area contributed by atoms with Crippen molar-refractivity contribution in [2.24, 2.45) is 0 Å².